The molecule has 0 radical (unpaired) electrons. The number of carbonyl (C=O) groups excluding carboxylic acids is 2. The van der Waals surface area contributed by atoms with E-state index in [1.165, 1.54) is 6.07 Å². The van der Waals surface area contributed by atoms with Crippen LogP contribution in [0.1, 0.15) is 58.6 Å². The molecule has 1 aromatic rings. The number of halogens is 1. The van der Waals surface area contributed by atoms with Gasteiger partial charge < -0.3 is 15.2 Å². The molecule has 0 aliphatic carbocycles. The SMILES string of the molecule is Cc1cc(N)c(F)cc1C(C(=O)OC(C)(C)C)C(=O)OC(C)(C)C. The van der Waals surface area contributed by atoms with Crippen LogP contribution in [-0.4, -0.2) is 23.1 Å². The second-order valence-electron chi connectivity index (χ2n) is 7.73. The van der Waals surface area contributed by atoms with Crippen LogP contribution in [0.4, 0.5) is 10.1 Å². The van der Waals surface area contributed by atoms with Gasteiger partial charge in [-0.25, -0.2) is 4.39 Å². The second-order valence-corrected chi connectivity index (χ2v) is 7.73. The lowest BCUT2D eigenvalue weighted by Crippen LogP contribution is -2.36. The van der Waals surface area contributed by atoms with Crippen molar-refractivity contribution in [2.24, 2.45) is 0 Å². The zero-order valence-corrected chi connectivity index (χ0v) is 15.3. The van der Waals surface area contributed by atoms with Crippen LogP contribution in [0.5, 0.6) is 0 Å². The molecule has 1 aromatic carbocycles. The van der Waals surface area contributed by atoms with Crippen LogP contribution in [0.3, 0.4) is 0 Å². The molecular formula is C18H26FNO4. The maximum atomic E-state index is 13.9. The van der Waals surface area contributed by atoms with Crippen LogP contribution >= 0.6 is 0 Å². The molecule has 0 aliphatic heterocycles. The highest BCUT2D eigenvalue weighted by Crippen LogP contribution is 2.29. The Hall–Kier alpha value is -2.11. The summed E-state index contributed by atoms with van der Waals surface area (Å²) >= 11 is 0. The maximum Gasteiger partial charge on any atom is 0.325 e. The molecule has 0 aromatic heterocycles. The van der Waals surface area contributed by atoms with Gasteiger partial charge in [0, 0.05) is 0 Å². The average Bonchev–Trinajstić information content (AvgIpc) is 2.31. The third-order valence-electron chi connectivity index (χ3n) is 2.98. The summed E-state index contributed by atoms with van der Waals surface area (Å²) in [6.45, 7) is 11.8. The molecule has 0 saturated heterocycles. The molecule has 24 heavy (non-hydrogen) atoms. The van der Waals surface area contributed by atoms with E-state index in [-0.39, 0.29) is 11.3 Å². The van der Waals surface area contributed by atoms with Crippen LogP contribution < -0.4 is 5.73 Å². The first-order valence-electron chi connectivity index (χ1n) is 7.72. The van der Waals surface area contributed by atoms with E-state index in [9.17, 15) is 14.0 Å². The predicted molar refractivity (Wildman–Crippen MR) is 90.0 cm³/mol. The van der Waals surface area contributed by atoms with Crippen molar-refractivity contribution >= 4 is 17.6 Å². The summed E-state index contributed by atoms with van der Waals surface area (Å²) in [5.74, 6) is -3.65. The van der Waals surface area contributed by atoms with Crippen LogP contribution in [0.15, 0.2) is 12.1 Å². The van der Waals surface area contributed by atoms with E-state index in [0.717, 1.165) is 6.07 Å². The lowest BCUT2D eigenvalue weighted by Gasteiger charge is -2.27. The first kappa shape index (κ1) is 19.9. The zero-order valence-electron chi connectivity index (χ0n) is 15.3. The minimum atomic E-state index is -1.38. The largest absolute Gasteiger partial charge is 0.459 e. The van der Waals surface area contributed by atoms with Gasteiger partial charge in [0.2, 0.25) is 0 Å². The number of hydrogen-bond donors (Lipinski definition) is 1. The fraction of sp³-hybridized carbons (Fsp3) is 0.556. The molecule has 5 nitrogen and oxygen atoms in total. The summed E-state index contributed by atoms with van der Waals surface area (Å²) in [7, 11) is 0. The van der Waals surface area contributed by atoms with E-state index >= 15 is 0 Å². The molecule has 0 heterocycles. The van der Waals surface area contributed by atoms with Gasteiger partial charge in [0.05, 0.1) is 5.69 Å². The second kappa shape index (κ2) is 6.79. The number of ether oxygens (including phenoxy) is 2. The van der Waals surface area contributed by atoms with Gasteiger partial charge in [0.1, 0.15) is 17.0 Å². The fourth-order valence-electron chi connectivity index (χ4n) is 2.10. The van der Waals surface area contributed by atoms with Gasteiger partial charge >= 0.3 is 11.9 Å². The summed E-state index contributed by atoms with van der Waals surface area (Å²) in [6, 6.07) is 2.47. The van der Waals surface area contributed by atoms with Gasteiger partial charge in [0.25, 0.3) is 0 Å². The molecule has 0 saturated carbocycles. The smallest absolute Gasteiger partial charge is 0.325 e. The van der Waals surface area contributed by atoms with Crippen molar-refractivity contribution < 1.29 is 23.5 Å². The third-order valence-corrected chi connectivity index (χ3v) is 2.98. The van der Waals surface area contributed by atoms with Crippen molar-refractivity contribution in [3.05, 3.63) is 29.1 Å². The van der Waals surface area contributed by atoms with Crippen LogP contribution in [-0.2, 0) is 19.1 Å². The van der Waals surface area contributed by atoms with Gasteiger partial charge in [-0.1, -0.05) is 0 Å². The third kappa shape index (κ3) is 5.51. The quantitative estimate of drug-likeness (QED) is 0.518. The molecule has 0 unspecified atom stereocenters. The Morgan fingerprint density at radius 2 is 1.42 bits per heavy atom. The molecular weight excluding hydrogens is 313 g/mol. The fourth-order valence-corrected chi connectivity index (χ4v) is 2.10. The van der Waals surface area contributed by atoms with E-state index < -0.39 is 34.9 Å². The Bertz CT molecular complexity index is 614. The summed E-state index contributed by atoms with van der Waals surface area (Å²) < 4.78 is 24.5. The number of aryl methyl sites for hydroxylation is 1. The summed E-state index contributed by atoms with van der Waals surface area (Å²) in [5.41, 5.74) is 4.59. The van der Waals surface area contributed by atoms with Crippen molar-refractivity contribution in [1.82, 2.24) is 0 Å². The lowest BCUT2D eigenvalue weighted by atomic mass is 9.93. The van der Waals surface area contributed by atoms with Crippen molar-refractivity contribution in [2.75, 3.05) is 5.73 Å². The number of esters is 2. The molecule has 0 amide bonds. The van der Waals surface area contributed by atoms with Crippen molar-refractivity contribution in [1.29, 1.82) is 0 Å². The Morgan fingerprint density at radius 1 is 1.00 bits per heavy atom. The Balaban J connectivity index is 3.36. The Morgan fingerprint density at radius 3 is 1.79 bits per heavy atom. The normalized spacial score (nSPS) is 12.2. The van der Waals surface area contributed by atoms with E-state index in [4.69, 9.17) is 15.2 Å². The van der Waals surface area contributed by atoms with Crippen molar-refractivity contribution in [3.63, 3.8) is 0 Å². The van der Waals surface area contributed by atoms with Crippen LogP contribution in [0.25, 0.3) is 0 Å². The Kier molecular flexibility index (Phi) is 5.64. The molecule has 2 N–H and O–H groups in total. The van der Waals surface area contributed by atoms with Crippen molar-refractivity contribution in [3.8, 4) is 0 Å². The highest BCUT2D eigenvalue weighted by atomic mass is 19.1. The first-order chi connectivity index (χ1) is 10.7. The van der Waals surface area contributed by atoms with Crippen molar-refractivity contribution in [2.45, 2.75) is 65.6 Å². The molecule has 6 heteroatoms. The Labute approximate surface area is 142 Å². The maximum absolute atomic E-state index is 13.9. The van der Waals surface area contributed by atoms with E-state index in [1.54, 1.807) is 48.5 Å². The lowest BCUT2D eigenvalue weighted by molar-refractivity contribution is -0.169. The van der Waals surface area contributed by atoms with E-state index in [2.05, 4.69) is 0 Å². The molecule has 0 spiro atoms. The number of hydrogen-bond acceptors (Lipinski definition) is 5. The number of benzene rings is 1. The number of carbonyl (C=O) groups is 2. The average molecular weight is 339 g/mol. The predicted octanol–water partition coefficient (Wildman–Crippen LogP) is 3.48. The first-order valence-corrected chi connectivity index (χ1v) is 7.72. The van der Waals surface area contributed by atoms with Gasteiger partial charge in [-0.2, -0.15) is 0 Å². The van der Waals surface area contributed by atoms with Crippen LogP contribution in [0, 0.1) is 12.7 Å². The number of anilines is 1. The monoisotopic (exact) mass is 339 g/mol. The molecule has 1 rings (SSSR count). The molecule has 0 atom stereocenters. The highest BCUT2D eigenvalue weighted by Gasteiger charge is 2.37. The zero-order chi connectivity index (χ0) is 18.9. The topological polar surface area (TPSA) is 78.6 Å². The van der Waals surface area contributed by atoms with Gasteiger partial charge in [-0.05, 0) is 71.7 Å². The number of nitrogens with two attached hydrogens (primary N) is 1. The minimum absolute atomic E-state index is 0.0524. The van der Waals surface area contributed by atoms with E-state index in [1.807, 2.05) is 0 Å². The van der Waals surface area contributed by atoms with Gasteiger partial charge in [-0.3, -0.25) is 9.59 Å². The highest BCUT2D eigenvalue weighted by molar-refractivity contribution is 6.01. The standard InChI is InChI=1S/C18H26FNO4/c1-10-8-13(20)12(19)9-11(10)14(15(21)23-17(2,3)4)16(22)24-18(5,6)7/h8-9,14H,20H2,1-7H3. The molecule has 0 bridgehead atoms. The molecule has 0 fully saturated rings. The number of nitrogen functional groups attached to an aromatic ring is 1. The van der Waals surface area contributed by atoms with E-state index in [0.29, 0.717) is 5.56 Å². The summed E-state index contributed by atoms with van der Waals surface area (Å²) in [5, 5.41) is 0. The summed E-state index contributed by atoms with van der Waals surface area (Å²) in [6.07, 6.45) is 0. The molecule has 0 aliphatic rings. The number of rotatable bonds is 3. The van der Waals surface area contributed by atoms with Gasteiger partial charge in [-0.15, -0.1) is 0 Å². The van der Waals surface area contributed by atoms with Crippen LogP contribution in [0.2, 0.25) is 0 Å². The van der Waals surface area contributed by atoms with Gasteiger partial charge in [0.15, 0.2) is 5.92 Å². The molecule has 134 valence electrons. The summed E-state index contributed by atoms with van der Waals surface area (Å²) in [4.78, 5) is 25.1. The minimum Gasteiger partial charge on any atom is -0.459 e.